The van der Waals surface area contributed by atoms with Gasteiger partial charge in [-0.1, -0.05) is 0 Å². The van der Waals surface area contributed by atoms with Crippen LogP contribution in [0.25, 0.3) is 0 Å². The Bertz CT molecular complexity index is 159. The summed E-state index contributed by atoms with van der Waals surface area (Å²) in [6, 6.07) is 0. The Labute approximate surface area is 68.8 Å². The van der Waals surface area contributed by atoms with Crippen LogP contribution in [-0.4, -0.2) is 43.7 Å². The lowest BCUT2D eigenvalue weighted by Gasteiger charge is -1.89. The molecule has 68 valence electrons. The van der Waals surface area contributed by atoms with Crippen LogP contribution < -0.4 is 0 Å². The van der Waals surface area contributed by atoms with Gasteiger partial charge in [-0.15, -0.1) is 0 Å². The van der Waals surface area contributed by atoms with E-state index in [1.807, 2.05) is 0 Å². The minimum Gasteiger partial charge on any atom is -0.369 e. The summed E-state index contributed by atoms with van der Waals surface area (Å²) >= 11 is 0. The number of rotatable bonds is 6. The fraction of sp³-hybridized carbons (Fsp3) is 1.00. The van der Waals surface area contributed by atoms with Crippen molar-refractivity contribution in [3.05, 3.63) is 4.91 Å². The smallest absolute Gasteiger partial charge is 0.369 e. The van der Waals surface area contributed by atoms with Gasteiger partial charge in [0.2, 0.25) is 0 Å². The Morgan fingerprint density at radius 3 is 1.92 bits per heavy atom. The molecular formula is C6H10NO5+. The molecule has 6 nitrogen and oxygen atoms in total. The molecule has 0 radical (unpaired) electrons. The fourth-order valence-electron chi connectivity index (χ4n) is 0.654. The fourth-order valence-corrected chi connectivity index (χ4v) is 0.654. The molecular weight excluding hydrogens is 166 g/mol. The predicted octanol–water partition coefficient (Wildman–Crippen LogP) is -0.574. The Hall–Kier alpha value is -0.880. The first-order valence-corrected chi connectivity index (χ1v) is 3.81. The van der Waals surface area contributed by atoms with E-state index in [4.69, 9.17) is 9.47 Å². The molecule has 2 atom stereocenters. The first-order chi connectivity index (χ1) is 5.84. The van der Waals surface area contributed by atoms with E-state index in [1.54, 1.807) is 0 Å². The van der Waals surface area contributed by atoms with Crippen LogP contribution in [0.2, 0.25) is 0 Å². The van der Waals surface area contributed by atoms with Gasteiger partial charge >= 0.3 is 5.09 Å². The van der Waals surface area contributed by atoms with E-state index in [2.05, 4.69) is 9.68 Å². The lowest BCUT2D eigenvalue weighted by molar-refractivity contribution is -0.981. The summed E-state index contributed by atoms with van der Waals surface area (Å²) < 4.78 is 9.65. The number of epoxide rings is 2. The van der Waals surface area contributed by atoms with Gasteiger partial charge in [-0.2, -0.15) is 9.68 Å². The van der Waals surface area contributed by atoms with Crippen molar-refractivity contribution in [1.82, 2.24) is 0 Å². The minimum absolute atomic E-state index is 0.0715. The Morgan fingerprint density at radius 2 is 1.58 bits per heavy atom. The van der Waals surface area contributed by atoms with E-state index < -0.39 is 0 Å². The quantitative estimate of drug-likeness (QED) is 0.400. The van der Waals surface area contributed by atoms with E-state index in [0.29, 0.717) is 13.2 Å². The van der Waals surface area contributed by atoms with Gasteiger partial charge in [0, 0.05) is 0 Å². The summed E-state index contributed by atoms with van der Waals surface area (Å²) in [5.74, 6) is 0. The van der Waals surface area contributed by atoms with Crippen molar-refractivity contribution in [2.45, 2.75) is 12.2 Å². The zero-order valence-electron chi connectivity index (χ0n) is 6.47. The number of nitrogens with zero attached hydrogens (tertiary/aromatic N) is 1. The van der Waals surface area contributed by atoms with Crippen molar-refractivity contribution in [1.29, 1.82) is 0 Å². The number of ether oxygens (including phenoxy) is 2. The molecule has 12 heavy (non-hydrogen) atoms. The highest BCUT2D eigenvalue weighted by molar-refractivity contribution is 4.66. The van der Waals surface area contributed by atoms with E-state index in [0.717, 1.165) is 0 Å². The third kappa shape index (κ3) is 2.63. The topological polar surface area (TPSA) is 63.6 Å². The Balaban J connectivity index is 1.50. The number of hydrogen-bond acceptors (Lipinski definition) is 5. The molecule has 2 saturated heterocycles. The molecule has 2 rings (SSSR count). The molecule has 0 aliphatic carbocycles. The van der Waals surface area contributed by atoms with E-state index >= 15 is 0 Å². The Morgan fingerprint density at radius 1 is 1.17 bits per heavy atom. The largest absolute Gasteiger partial charge is 0.477 e. The van der Waals surface area contributed by atoms with Crippen molar-refractivity contribution in [3.8, 4) is 0 Å². The lowest BCUT2D eigenvalue weighted by atomic mass is 10.5. The van der Waals surface area contributed by atoms with E-state index in [9.17, 15) is 4.91 Å². The molecule has 0 N–H and O–H groups in total. The van der Waals surface area contributed by atoms with Gasteiger partial charge in [0.05, 0.1) is 13.2 Å². The maximum absolute atomic E-state index is 10.7. The van der Waals surface area contributed by atoms with Crippen LogP contribution in [0, 0.1) is 4.91 Å². The average molecular weight is 176 g/mol. The lowest BCUT2D eigenvalue weighted by Crippen LogP contribution is -2.16. The molecule has 0 aromatic carbocycles. The van der Waals surface area contributed by atoms with Crippen molar-refractivity contribution in [2.75, 3.05) is 26.4 Å². The highest BCUT2D eigenvalue weighted by atomic mass is 17.0. The Kier molecular flexibility index (Phi) is 2.09. The molecule has 0 aromatic heterocycles. The monoisotopic (exact) mass is 176 g/mol. The van der Waals surface area contributed by atoms with Crippen LogP contribution in [0.5, 0.6) is 0 Å². The van der Waals surface area contributed by atoms with Crippen LogP contribution in [0.3, 0.4) is 0 Å². The molecule has 6 heteroatoms. The summed E-state index contributed by atoms with van der Waals surface area (Å²) in [4.78, 5) is 19.9. The molecule has 2 aliphatic heterocycles. The van der Waals surface area contributed by atoms with Gasteiger partial charge in [-0.05, 0) is 0 Å². The highest BCUT2D eigenvalue weighted by Crippen LogP contribution is 2.10. The third-order valence-electron chi connectivity index (χ3n) is 1.54. The molecule has 0 spiro atoms. The molecule has 2 aliphatic rings. The van der Waals surface area contributed by atoms with Crippen molar-refractivity contribution >= 4 is 0 Å². The van der Waals surface area contributed by atoms with Gasteiger partial charge in [0.1, 0.15) is 17.1 Å². The molecule has 2 heterocycles. The van der Waals surface area contributed by atoms with Gasteiger partial charge in [0.15, 0.2) is 13.2 Å². The maximum Gasteiger partial charge on any atom is 0.477 e. The molecule has 0 saturated carbocycles. The highest BCUT2D eigenvalue weighted by Gasteiger charge is 2.31. The predicted molar refractivity (Wildman–Crippen MR) is 35.0 cm³/mol. The van der Waals surface area contributed by atoms with E-state index in [-0.39, 0.29) is 30.5 Å². The average Bonchev–Trinajstić information content (AvgIpc) is 2.89. The summed E-state index contributed by atoms with van der Waals surface area (Å²) in [5.41, 5.74) is 0. The van der Waals surface area contributed by atoms with Crippen molar-refractivity contribution in [2.24, 2.45) is 0 Å². The SMILES string of the molecule is O=[N+](OC[C@H]1CO1)OC[C@H]1CO1. The summed E-state index contributed by atoms with van der Waals surface area (Å²) in [7, 11) is 0. The van der Waals surface area contributed by atoms with Gasteiger partial charge in [0.25, 0.3) is 0 Å². The van der Waals surface area contributed by atoms with Crippen molar-refractivity contribution in [3.63, 3.8) is 0 Å². The summed E-state index contributed by atoms with van der Waals surface area (Å²) in [6.45, 7) is 1.85. The first-order valence-electron chi connectivity index (χ1n) is 3.81. The van der Waals surface area contributed by atoms with Crippen LogP contribution in [0.15, 0.2) is 0 Å². The second kappa shape index (κ2) is 3.24. The molecule has 0 aromatic rings. The summed E-state index contributed by atoms with van der Waals surface area (Å²) in [5, 5.41) is 0.114. The third-order valence-corrected chi connectivity index (χ3v) is 1.54. The molecule has 2 fully saturated rings. The van der Waals surface area contributed by atoms with Gasteiger partial charge in [-0.3, -0.25) is 0 Å². The zero-order valence-corrected chi connectivity index (χ0v) is 6.47. The second-order valence-corrected chi connectivity index (χ2v) is 2.73. The van der Waals surface area contributed by atoms with Crippen LogP contribution in [0.1, 0.15) is 0 Å². The van der Waals surface area contributed by atoms with Gasteiger partial charge < -0.3 is 9.47 Å². The van der Waals surface area contributed by atoms with Crippen LogP contribution >= 0.6 is 0 Å². The molecule has 0 bridgehead atoms. The maximum atomic E-state index is 10.7. The second-order valence-electron chi connectivity index (χ2n) is 2.73. The zero-order chi connectivity index (χ0) is 8.39. The standard InChI is InChI=1S/C6H10NO5/c8-7(11-3-5-1-9-5)12-4-6-2-10-6/h5-6H,1-4H2/q+1/t5-,6-/m1/s1. The van der Waals surface area contributed by atoms with E-state index in [1.165, 1.54) is 0 Å². The van der Waals surface area contributed by atoms with Gasteiger partial charge in [-0.25, -0.2) is 0 Å². The summed E-state index contributed by atoms with van der Waals surface area (Å²) in [6.07, 6.45) is 0.143. The minimum atomic E-state index is 0.0715. The molecule has 0 unspecified atom stereocenters. The first kappa shape index (κ1) is 7.75. The molecule has 0 amide bonds. The van der Waals surface area contributed by atoms with Crippen LogP contribution in [0.4, 0.5) is 0 Å². The normalized spacial score (nSPS) is 31.0. The van der Waals surface area contributed by atoms with Crippen LogP contribution in [-0.2, 0) is 19.1 Å². The number of hydrogen-bond donors (Lipinski definition) is 0. The van der Waals surface area contributed by atoms with Crippen molar-refractivity contribution < 1.29 is 24.2 Å².